The lowest BCUT2D eigenvalue weighted by atomic mass is 10.0. The number of rotatable bonds is 3. The smallest absolute Gasteiger partial charge is 0.271 e. The second-order valence-electron chi connectivity index (χ2n) is 6.30. The van der Waals surface area contributed by atoms with Crippen molar-refractivity contribution in [2.24, 2.45) is 5.10 Å². The topological polar surface area (TPSA) is 91.3 Å². The molecule has 8 nitrogen and oxygen atoms in total. The van der Waals surface area contributed by atoms with Gasteiger partial charge in [-0.05, 0) is 24.6 Å². The quantitative estimate of drug-likeness (QED) is 0.873. The molecule has 0 radical (unpaired) electrons. The molecule has 0 unspecified atom stereocenters. The summed E-state index contributed by atoms with van der Waals surface area (Å²) in [5, 5.41) is 8.01. The molecule has 0 bridgehead atoms. The van der Waals surface area contributed by atoms with Crippen LogP contribution in [0, 0.1) is 6.92 Å². The largest absolute Gasteiger partial charge is 0.378 e. The second-order valence-corrected chi connectivity index (χ2v) is 6.30. The molecule has 3 amide bonds. The van der Waals surface area contributed by atoms with Crippen LogP contribution in [0.3, 0.4) is 0 Å². The predicted octanol–water partition coefficient (Wildman–Crippen LogP) is 1.01. The summed E-state index contributed by atoms with van der Waals surface area (Å²) in [6.07, 6.45) is 0.567. The lowest BCUT2D eigenvalue weighted by Gasteiger charge is -2.27. The van der Waals surface area contributed by atoms with Crippen molar-refractivity contribution in [3.63, 3.8) is 0 Å². The second kappa shape index (κ2) is 7.65. The highest BCUT2D eigenvalue weighted by Crippen LogP contribution is 2.21. The van der Waals surface area contributed by atoms with Gasteiger partial charge in [0.25, 0.3) is 11.8 Å². The number of morpholine rings is 1. The van der Waals surface area contributed by atoms with Crippen LogP contribution in [0.2, 0.25) is 0 Å². The lowest BCUT2D eigenvalue weighted by molar-refractivity contribution is -0.130. The highest BCUT2D eigenvalue weighted by atomic mass is 16.5. The molecule has 138 valence electrons. The Labute approximate surface area is 151 Å². The Morgan fingerprint density at radius 2 is 1.92 bits per heavy atom. The number of nitrogens with one attached hydrogen (secondary N) is 1. The molecule has 1 aromatic carbocycles. The van der Waals surface area contributed by atoms with E-state index in [1.165, 1.54) is 12.1 Å². The fourth-order valence-corrected chi connectivity index (χ4v) is 2.97. The Morgan fingerprint density at radius 1 is 1.19 bits per heavy atom. The van der Waals surface area contributed by atoms with Crippen LogP contribution >= 0.6 is 0 Å². The van der Waals surface area contributed by atoms with Crippen molar-refractivity contribution in [3.05, 3.63) is 29.3 Å². The maximum Gasteiger partial charge on any atom is 0.271 e. The first-order valence-electron chi connectivity index (χ1n) is 8.59. The van der Waals surface area contributed by atoms with E-state index in [9.17, 15) is 14.4 Å². The van der Waals surface area contributed by atoms with Crippen molar-refractivity contribution in [1.29, 1.82) is 0 Å². The zero-order chi connectivity index (χ0) is 18.7. The van der Waals surface area contributed by atoms with Crippen LogP contribution in [0.25, 0.3) is 0 Å². The molecule has 0 aliphatic carbocycles. The summed E-state index contributed by atoms with van der Waals surface area (Å²) in [7, 11) is 1.53. The molecular formula is C18H22N4O4. The first-order valence-corrected chi connectivity index (χ1v) is 8.59. The molecule has 0 spiro atoms. The maximum absolute atomic E-state index is 12.7. The molecule has 3 rings (SSSR count). The fraction of sp³-hybridized carbons (Fsp3) is 0.444. The van der Waals surface area contributed by atoms with Crippen molar-refractivity contribution in [2.45, 2.75) is 19.8 Å². The van der Waals surface area contributed by atoms with Gasteiger partial charge in [0.1, 0.15) is 5.71 Å². The van der Waals surface area contributed by atoms with E-state index in [-0.39, 0.29) is 24.1 Å². The van der Waals surface area contributed by atoms with Gasteiger partial charge >= 0.3 is 0 Å². The van der Waals surface area contributed by atoms with Gasteiger partial charge in [0, 0.05) is 44.2 Å². The van der Waals surface area contributed by atoms with Gasteiger partial charge in [0.15, 0.2) is 0 Å². The summed E-state index contributed by atoms with van der Waals surface area (Å²) in [5.74, 6) is -0.540. The van der Waals surface area contributed by atoms with E-state index in [2.05, 4.69) is 10.4 Å². The van der Waals surface area contributed by atoms with Crippen molar-refractivity contribution < 1.29 is 19.1 Å². The van der Waals surface area contributed by atoms with Gasteiger partial charge in [0.2, 0.25) is 5.91 Å². The number of benzene rings is 1. The minimum absolute atomic E-state index is 0.0674. The van der Waals surface area contributed by atoms with Crippen molar-refractivity contribution >= 4 is 29.1 Å². The Morgan fingerprint density at radius 3 is 2.62 bits per heavy atom. The first kappa shape index (κ1) is 18.1. The summed E-state index contributed by atoms with van der Waals surface area (Å²) in [6.45, 7) is 4.00. The number of hydrogen-bond acceptors (Lipinski definition) is 5. The van der Waals surface area contributed by atoms with Gasteiger partial charge in [-0.25, -0.2) is 5.01 Å². The third kappa shape index (κ3) is 3.75. The number of anilines is 1. The minimum atomic E-state index is -0.358. The number of hydrogen-bond donors (Lipinski definition) is 1. The molecule has 26 heavy (non-hydrogen) atoms. The summed E-state index contributed by atoms with van der Waals surface area (Å²) < 4.78 is 5.28. The van der Waals surface area contributed by atoms with E-state index >= 15 is 0 Å². The van der Waals surface area contributed by atoms with Crippen LogP contribution in [-0.4, -0.2) is 66.7 Å². The van der Waals surface area contributed by atoms with Crippen LogP contribution in [0.15, 0.2) is 23.3 Å². The predicted molar refractivity (Wildman–Crippen MR) is 96.0 cm³/mol. The number of hydrazone groups is 1. The maximum atomic E-state index is 12.7. The number of carbonyl (C=O) groups is 3. The Bertz CT molecular complexity index is 768. The van der Waals surface area contributed by atoms with E-state index < -0.39 is 0 Å². The van der Waals surface area contributed by atoms with Crippen molar-refractivity contribution in [2.75, 3.05) is 38.7 Å². The van der Waals surface area contributed by atoms with Gasteiger partial charge in [-0.1, -0.05) is 6.07 Å². The Balaban J connectivity index is 1.77. The van der Waals surface area contributed by atoms with E-state index in [4.69, 9.17) is 4.74 Å². The SMILES string of the molecule is Cc1c(NC(=O)C2=NN(C)C(=O)CC2)cccc1C(=O)N1CCOCC1. The molecule has 2 heterocycles. The standard InChI is InChI=1S/C18H22N4O4/c1-12-13(18(25)22-8-10-26-11-9-22)4-3-5-14(12)19-17(24)15-6-7-16(23)21(2)20-15/h3-5H,6-11H2,1-2H3,(H,19,24). The van der Waals surface area contributed by atoms with Gasteiger partial charge in [-0.3, -0.25) is 14.4 Å². The fourth-order valence-electron chi connectivity index (χ4n) is 2.97. The summed E-state index contributed by atoms with van der Waals surface area (Å²) in [5.41, 5.74) is 2.13. The van der Waals surface area contributed by atoms with E-state index in [0.717, 1.165) is 0 Å². The average Bonchev–Trinajstić information content (AvgIpc) is 2.65. The molecule has 2 aliphatic heterocycles. The van der Waals surface area contributed by atoms with Crippen LogP contribution in [-0.2, 0) is 14.3 Å². The van der Waals surface area contributed by atoms with Crippen molar-refractivity contribution in [3.8, 4) is 0 Å². The van der Waals surface area contributed by atoms with E-state index in [1.54, 1.807) is 23.1 Å². The zero-order valence-electron chi connectivity index (χ0n) is 14.9. The monoisotopic (exact) mass is 358 g/mol. The number of ether oxygens (including phenoxy) is 1. The molecule has 0 atom stereocenters. The number of carbonyl (C=O) groups excluding carboxylic acids is 3. The van der Waals surface area contributed by atoms with Crippen LogP contribution in [0.4, 0.5) is 5.69 Å². The number of nitrogens with zero attached hydrogens (tertiary/aromatic N) is 3. The van der Waals surface area contributed by atoms with Crippen LogP contribution in [0.1, 0.15) is 28.8 Å². The molecule has 1 fully saturated rings. The highest BCUT2D eigenvalue weighted by molar-refractivity contribution is 6.43. The molecule has 0 aromatic heterocycles. The average molecular weight is 358 g/mol. The van der Waals surface area contributed by atoms with Gasteiger partial charge in [0.05, 0.1) is 13.2 Å². The normalized spacial score (nSPS) is 17.8. The van der Waals surface area contributed by atoms with E-state index in [1.807, 2.05) is 6.92 Å². The summed E-state index contributed by atoms with van der Waals surface area (Å²) >= 11 is 0. The lowest BCUT2D eigenvalue weighted by Crippen LogP contribution is -2.41. The molecule has 8 heteroatoms. The van der Waals surface area contributed by atoms with Crippen LogP contribution in [0.5, 0.6) is 0 Å². The molecule has 0 saturated carbocycles. The van der Waals surface area contributed by atoms with Gasteiger partial charge in [-0.2, -0.15) is 5.10 Å². The Hall–Kier alpha value is -2.74. The number of amides is 3. The molecule has 1 saturated heterocycles. The summed E-state index contributed by atoms with van der Waals surface area (Å²) in [4.78, 5) is 38.4. The third-order valence-corrected chi connectivity index (χ3v) is 4.58. The van der Waals surface area contributed by atoms with E-state index in [0.29, 0.717) is 55.3 Å². The molecule has 1 aromatic rings. The molecule has 2 aliphatic rings. The van der Waals surface area contributed by atoms with Gasteiger partial charge in [-0.15, -0.1) is 0 Å². The summed E-state index contributed by atoms with van der Waals surface area (Å²) in [6, 6.07) is 5.25. The van der Waals surface area contributed by atoms with Crippen molar-refractivity contribution in [1.82, 2.24) is 9.91 Å². The third-order valence-electron chi connectivity index (χ3n) is 4.58. The van der Waals surface area contributed by atoms with Gasteiger partial charge < -0.3 is 15.0 Å². The zero-order valence-corrected chi connectivity index (χ0v) is 14.9. The Kier molecular flexibility index (Phi) is 5.32. The van der Waals surface area contributed by atoms with Crippen LogP contribution < -0.4 is 5.32 Å². The molecular weight excluding hydrogens is 336 g/mol. The highest BCUT2D eigenvalue weighted by Gasteiger charge is 2.24. The first-order chi connectivity index (χ1) is 12.5. The minimum Gasteiger partial charge on any atom is -0.378 e. The molecule has 1 N–H and O–H groups in total.